The zero-order chi connectivity index (χ0) is 13.3. The van der Waals surface area contributed by atoms with Crippen LogP contribution in [0.4, 0.5) is 0 Å². The van der Waals surface area contributed by atoms with Gasteiger partial charge in [0.2, 0.25) is 0 Å². The second kappa shape index (κ2) is 8.90. The van der Waals surface area contributed by atoms with Crippen LogP contribution < -0.4 is 0 Å². The predicted molar refractivity (Wildman–Crippen MR) is 77.6 cm³/mol. The lowest BCUT2D eigenvalue weighted by atomic mass is 10.0. The number of hydrogen-bond acceptors (Lipinski definition) is 4. The van der Waals surface area contributed by atoms with Crippen LogP contribution in [0.1, 0.15) is 32.1 Å². The van der Waals surface area contributed by atoms with E-state index < -0.39 is 0 Å². The third kappa shape index (κ3) is 5.38. The molecule has 2 heterocycles. The van der Waals surface area contributed by atoms with E-state index in [1.807, 2.05) is 0 Å². The van der Waals surface area contributed by atoms with Crippen LogP contribution in [0.5, 0.6) is 0 Å². The third-order valence-corrected chi connectivity index (χ3v) is 4.33. The largest absolute Gasteiger partial charge is 0.382 e. The van der Waals surface area contributed by atoms with E-state index in [1.165, 1.54) is 58.4 Å². The van der Waals surface area contributed by atoms with Crippen LogP contribution in [0.3, 0.4) is 0 Å². The van der Waals surface area contributed by atoms with E-state index in [4.69, 9.17) is 9.47 Å². The molecule has 2 aliphatic rings. The van der Waals surface area contributed by atoms with E-state index in [2.05, 4.69) is 9.80 Å². The maximum Gasteiger partial charge on any atom is 0.0700 e. The Bertz CT molecular complexity index is 238. The van der Waals surface area contributed by atoms with Crippen molar-refractivity contribution in [3.05, 3.63) is 0 Å². The lowest BCUT2D eigenvalue weighted by Crippen LogP contribution is -2.44. The van der Waals surface area contributed by atoms with Crippen molar-refractivity contribution in [1.29, 1.82) is 0 Å². The van der Waals surface area contributed by atoms with Crippen molar-refractivity contribution in [3.8, 4) is 0 Å². The van der Waals surface area contributed by atoms with Crippen LogP contribution in [0.2, 0.25) is 0 Å². The average molecular weight is 270 g/mol. The first kappa shape index (κ1) is 15.2. The highest BCUT2D eigenvalue weighted by atomic mass is 16.5. The lowest BCUT2D eigenvalue weighted by molar-refractivity contribution is 0.0639. The summed E-state index contributed by atoms with van der Waals surface area (Å²) in [5.41, 5.74) is 0. The van der Waals surface area contributed by atoms with Gasteiger partial charge in [0.1, 0.15) is 0 Å². The molecule has 4 nitrogen and oxygen atoms in total. The molecule has 1 unspecified atom stereocenters. The molecule has 0 bridgehead atoms. The number of hydrogen-bond donors (Lipinski definition) is 0. The van der Waals surface area contributed by atoms with Crippen molar-refractivity contribution >= 4 is 0 Å². The Kier molecular flexibility index (Phi) is 7.14. The molecule has 2 fully saturated rings. The fraction of sp³-hybridized carbons (Fsp3) is 1.00. The molecule has 0 spiro atoms. The normalized spacial score (nSPS) is 26.1. The first-order valence-corrected chi connectivity index (χ1v) is 7.93. The van der Waals surface area contributed by atoms with Gasteiger partial charge in [-0.25, -0.2) is 0 Å². The number of methoxy groups -OCH3 is 1. The van der Waals surface area contributed by atoms with Crippen LogP contribution in [0.15, 0.2) is 0 Å². The van der Waals surface area contributed by atoms with Crippen molar-refractivity contribution in [2.45, 2.75) is 38.1 Å². The summed E-state index contributed by atoms with van der Waals surface area (Å²) in [6.45, 7) is 8.69. The minimum Gasteiger partial charge on any atom is -0.382 e. The van der Waals surface area contributed by atoms with Crippen LogP contribution in [-0.4, -0.2) is 75.5 Å². The van der Waals surface area contributed by atoms with Gasteiger partial charge >= 0.3 is 0 Å². The molecule has 112 valence electrons. The average Bonchev–Trinajstić information content (AvgIpc) is 2.64. The Labute approximate surface area is 118 Å². The molecule has 2 saturated heterocycles. The molecule has 0 aromatic rings. The summed E-state index contributed by atoms with van der Waals surface area (Å²) in [6.07, 6.45) is 6.72. The molecule has 0 radical (unpaired) electrons. The van der Waals surface area contributed by atoms with Crippen LogP contribution in [0, 0.1) is 0 Å². The van der Waals surface area contributed by atoms with Crippen molar-refractivity contribution in [2.24, 2.45) is 0 Å². The standard InChI is InChI=1S/C15H30N2O2/c1-18-12-13-19-11-5-8-16-7-4-10-17-9-3-2-6-15(17)14-16/h15H,2-14H2,1H3. The summed E-state index contributed by atoms with van der Waals surface area (Å²) in [5.74, 6) is 0. The van der Waals surface area contributed by atoms with E-state index in [0.29, 0.717) is 6.61 Å². The Morgan fingerprint density at radius 1 is 1.00 bits per heavy atom. The minimum absolute atomic E-state index is 0.709. The summed E-state index contributed by atoms with van der Waals surface area (Å²) in [7, 11) is 1.72. The molecule has 19 heavy (non-hydrogen) atoms. The van der Waals surface area contributed by atoms with Gasteiger partial charge in [-0.3, -0.25) is 4.90 Å². The minimum atomic E-state index is 0.709. The van der Waals surface area contributed by atoms with Crippen molar-refractivity contribution in [1.82, 2.24) is 9.80 Å². The topological polar surface area (TPSA) is 24.9 Å². The quantitative estimate of drug-likeness (QED) is 0.656. The van der Waals surface area contributed by atoms with Crippen molar-refractivity contribution < 1.29 is 9.47 Å². The predicted octanol–water partition coefficient (Wildman–Crippen LogP) is 1.60. The van der Waals surface area contributed by atoms with Gasteiger partial charge < -0.3 is 14.4 Å². The summed E-state index contributed by atoms with van der Waals surface area (Å²) in [6, 6.07) is 0.825. The smallest absolute Gasteiger partial charge is 0.0700 e. The number of ether oxygens (including phenoxy) is 2. The molecule has 0 amide bonds. The summed E-state index contributed by atoms with van der Waals surface area (Å²) in [5, 5.41) is 0. The number of rotatable bonds is 7. The number of piperidine rings is 1. The Morgan fingerprint density at radius 2 is 1.89 bits per heavy atom. The maximum atomic E-state index is 5.54. The molecule has 1 atom stereocenters. The van der Waals surface area contributed by atoms with Gasteiger partial charge in [-0.05, 0) is 45.3 Å². The van der Waals surface area contributed by atoms with Gasteiger partial charge in [0.15, 0.2) is 0 Å². The Balaban J connectivity index is 1.60. The molecule has 4 heteroatoms. The highest BCUT2D eigenvalue weighted by Gasteiger charge is 2.26. The van der Waals surface area contributed by atoms with Gasteiger partial charge in [0.25, 0.3) is 0 Å². The van der Waals surface area contributed by atoms with Gasteiger partial charge in [-0.1, -0.05) is 6.42 Å². The molecular weight excluding hydrogens is 240 g/mol. The molecule has 2 rings (SSSR count). The molecule has 0 aliphatic carbocycles. The highest BCUT2D eigenvalue weighted by Crippen LogP contribution is 2.20. The van der Waals surface area contributed by atoms with Crippen molar-refractivity contribution in [2.75, 3.05) is 59.7 Å². The number of fused-ring (bicyclic) bond motifs is 1. The summed E-state index contributed by atoms with van der Waals surface area (Å²) in [4.78, 5) is 5.37. The molecule has 0 aromatic carbocycles. The fourth-order valence-corrected chi connectivity index (χ4v) is 3.29. The van der Waals surface area contributed by atoms with E-state index >= 15 is 0 Å². The van der Waals surface area contributed by atoms with Crippen LogP contribution in [-0.2, 0) is 9.47 Å². The first-order chi connectivity index (χ1) is 9.40. The maximum absolute atomic E-state index is 5.54. The van der Waals surface area contributed by atoms with Crippen LogP contribution in [0.25, 0.3) is 0 Å². The van der Waals surface area contributed by atoms with Crippen molar-refractivity contribution in [3.63, 3.8) is 0 Å². The van der Waals surface area contributed by atoms with Gasteiger partial charge in [-0.2, -0.15) is 0 Å². The Hall–Kier alpha value is -0.160. The van der Waals surface area contributed by atoms with Gasteiger partial charge in [0.05, 0.1) is 13.2 Å². The second-order valence-corrected chi connectivity index (χ2v) is 5.80. The zero-order valence-electron chi connectivity index (χ0n) is 12.5. The van der Waals surface area contributed by atoms with E-state index in [-0.39, 0.29) is 0 Å². The van der Waals surface area contributed by atoms with Gasteiger partial charge in [-0.15, -0.1) is 0 Å². The number of nitrogens with zero attached hydrogens (tertiary/aromatic N) is 2. The first-order valence-electron chi connectivity index (χ1n) is 7.93. The molecule has 0 N–H and O–H groups in total. The zero-order valence-corrected chi connectivity index (χ0v) is 12.5. The fourth-order valence-electron chi connectivity index (χ4n) is 3.29. The SMILES string of the molecule is COCCOCCCN1CCCN2CCCCC2C1. The monoisotopic (exact) mass is 270 g/mol. The summed E-state index contributed by atoms with van der Waals surface area (Å²) >= 11 is 0. The molecule has 0 saturated carbocycles. The molecule has 2 aliphatic heterocycles. The van der Waals surface area contributed by atoms with Gasteiger partial charge in [0, 0.05) is 32.8 Å². The second-order valence-electron chi connectivity index (χ2n) is 5.80. The van der Waals surface area contributed by atoms with E-state index in [9.17, 15) is 0 Å². The highest BCUT2D eigenvalue weighted by molar-refractivity contribution is 4.83. The lowest BCUT2D eigenvalue weighted by Gasteiger charge is -2.35. The third-order valence-electron chi connectivity index (χ3n) is 4.33. The van der Waals surface area contributed by atoms with Crippen LogP contribution >= 0.6 is 0 Å². The van der Waals surface area contributed by atoms with E-state index in [1.54, 1.807) is 7.11 Å². The Morgan fingerprint density at radius 3 is 2.79 bits per heavy atom. The van der Waals surface area contributed by atoms with E-state index in [0.717, 1.165) is 25.7 Å². The molecular formula is C15H30N2O2. The summed E-state index contributed by atoms with van der Waals surface area (Å²) < 4.78 is 10.5. The molecule has 0 aromatic heterocycles.